The molecule has 0 spiro atoms. The summed E-state index contributed by atoms with van der Waals surface area (Å²) in [5.41, 5.74) is -0.920. The molecule has 1 atom stereocenters. The van der Waals surface area contributed by atoms with Crippen LogP contribution in [0.3, 0.4) is 0 Å². The van der Waals surface area contributed by atoms with Gasteiger partial charge in [-0.1, -0.05) is 0 Å². The Morgan fingerprint density at radius 3 is 2.23 bits per heavy atom. The Hall–Kier alpha value is -0.220. The van der Waals surface area contributed by atoms with Gasteiger partial charge in [0, 0.05) is 6.54 Å². The largest absolute Gasteiger partial charge is 0.308 e. The van der Waals surface area contributed by atoms with Crippen LogP contribution in [-0.4, -0.2) is 43.5 Å². The van der Waals surface area contributed by atoms with Gasteiger partial charge in [0.1, 0.15) is 0 Å². The van der Waals surface area contributed by atoms with Crippen molar-refractivity contribution in [3.8, 4) is 0 Å². The summed E-state index contributed by atoms with van der Waals surface area (Å²) in [5.74, 6) is 0.169. The van der Waals surface area contributed by atoms with Gasteiger partial charge in [-0.3, -0.25) is 0 Å². The van der Waals surface area contributed by atoms with Gasteiger partial charge in [-0.2, -0.15) is 0 Å². The highest BCUT2D eigenvalue weighted by Gasteiger charge is 2.51. The molecule has 1 unspecified atom stereocenters. The van der Waals surface area contributed by atoms with Crippen LogP contribution >= 0.6 is 0 Å². The summed E-state index contributed by atoms with van der Waals surface area (Å²) in [6, 6.07) is 0. The summed E-state index contributed by atoms with van der Waals surface area (Å²) in [6.45, 7) is 2.52. The predicted molar refractivity (Wildman–Crippen MR) is 47.0 cm³/mol. The molecule has 0 amide bonds. The molecular weight excluding hydrogens is 174 g/mol. The molecule has 1 N–H and O–H groups in total. The second-order valence-corrected chi connectivity index (χ2v) is 4.14. The van der Waals surface area contributed by atoms with Crippen molar-refractivity contribution < 1.29 is 8.78 Å². The van der Waals surface area contributed by atoms with E-state index in [1.165, 1.54) is 0 Å². The molecule has 0 aliphatic carbocycles. The molecule has 0 saturated carbocycles. The number of fused-ring (bicyclic) bond motifs is 3. The van der Waals surface area contributed by atoms with E-state index < -0.39 is 12.0 Å². The fourth-order valence-electron chi connectivity index (χ4n) is 2.74. The van der Waals surface area contributed by atoms with Crippen molar-refractivity contribution in [2.45, 2.75) is 24.8 Å². The summed E-state index contributed by atoms with van der Waals surface area (Å²) in [7, 11) is 1.66. The summed E-state index contributed by atoms with van der Waals surface area (Å²) >= 11 is 0. The smallest absolute Gasteiger partial charge is 0.257 e. The van der Waals surface area contributed by atoms with Crippen LogP contribution in [0.15, 0.2) is 0 Å². The number of hydrogen-bond acceptors (Lipinski definition) is 2. The number of hydrogen-bond donors (Lipinski definition) is 1. The number of nitrogens with zero attached hydrogens (tertiary/aromatic N) is 1. The van der Waals surface area contributed by atoms with Crippen LogP contribution in [0.4, 0.5) is 8.78 Å². The highest BCUT2D eigenvalue weighted by Crippen LogP contribution is 2.38. The van der Waals surface area contributed by atoms with Crippen molar-refractivity contribution in [1.82, 2.24) is 10.2 Å². The van der Waals surface area contributed by atoms with Crippen LogP contribution in [0, 0.1) is 5.92 Å². The minimum absolute atomic E-state index is 0.169. The maximum atomic E-state index is 12.9. The van der Waals surface area contributed by atoms with Crippen LogP contribution in [-0.2, 0) is 0 Å². The van der Waals surface area contributed by atoms with Crippen LogP contribution in [0.5, 0.6) is 0 Å². The summed E-state index contributed by atoms with van der Waals surface area (Å²) in [5, 5.41) is 2.86. The van der Waals surface area contributed by atoms with E-state index in [0.717, 1.165) is 25.9 Å². The fourth-order valence-corrected chi connectivity index (χ4v) is 2.74. The lowest BCUT2D eigenvalue weighted by Crippen LogP contribution is -2.68. The van der Waals surface area contributed by atoms with E-state index in [-0.39, 0.29) is 5.92 Å². The molecule has 3 heterocycles. The van der Waals surface area contributed by atoms with Gasteiger partial charge in [-0.05, 0) is 38.9 Å². The monoisotopic (exact) mass is 190 g/mol. The number of piperidine rings is 3. The van der Waals surface area contributed by atoms with Gasteiger partial charge >= 0.3 is 0 Å². The van der Waals surface area contributed by atoms with E-state index in [2.05, 4.69) is 10.2 Å². The SMILES string of the molecule is CNC1(C(F)F)CN2CCC1CC2. The number of nitrogens with one attached hydrogen (secondary N) is 1. The molecular formula is C9H16F2N2. The average molecular weight is 190 g/mol. The lowest BCUT2D eigenvalue weighted by atomic mass is 9.73. The molecule has 3 rings (SSSR count). The Morgan fingerprint density at radius 2 is 2.00 bits per heavy atom. The quantitative estimate of drug-likeness (QED) is 0.697. The topological polar surface area (TPSA) is 15.3 Å². The standard InChI is InChI=1S/C9H16F2N2/c1-12-9(8(10)11)6-13-4-2-7(9)3-5-13/h7-8,12H,2-6H2,1H3. The fraction of sp³-hybridized carbons (Fsp3) is 1.00. The summed E-state index contributed by atoms with van der Waals surface area (Å²) in [4.78, 5) is 2.14. The van der Waals surface area contributed by atoms with Gasteiger partial charge in [0.05, 0.1) is 5.54 Å². The Labute approximate surface area is 77.3 Å². The number of alkyl halides is 2. The minimum atomic E-state index is -2.24. The van der Waals surface area contributed by atoms with E-state index in [9.17, 15) is 8.78 Å². The van der Waals surface area contributed by atoms with Crippen molar-refractivity contribution in [1.29, 1.82) is 0 Å². The molecule has 2 bridgehead atoms. The lowest BCUT2D eigenvalue weighted by molar-refractivity contribution is -0.0809. The van der Waals surface area contributed by atoms with Gasteiger partial charge in [-0.25, -0.2) is 8.78 Å². The Bertz CT molecular complexity index is 190. The maximum absolute atomic E-state index is 12.9. The first-order chi connectivity index (χ1) is 6.19. The first-order valence-corrected chi connectivity index (χ1v) is 4.88. The minimum Gasteiger partial charge on any atom is -0.308 e. The zero-order chi connectivity index (χ0) is 9.47. The van der Waals surface area contributed by atoms with Crippen molar-refractivity contribution in [3.05, 3.63) is 0 Å². The Balaban J connectivity index is 2.20. The maximum Gasteiger partial charge on any atom is 0.257 e. The van der Waals surface area contributed by atoms with Crippen LogP contribution < -0.4 is 5.32 Å². The molecule has 3 saturated heterocycles. The molecule has 13 heavy (non-hydrogen) atoms. The highest BCUT2D eigenvalue weighted by molar-refractivity contribution is 5.05. The highest BCUT2D eigenvalue weighted by atomic mass is 19.3. The molecule has 0 radical (unpaired) electrons. The summed E-state index contributed by atoms with van der Waals surface area (Å²) < 4.78 is 25.9. The van der Waals surface area contributed by atoms with E-state index >= 15 is 0 Å². The van der Waals surface area contributed by atoms with Gasteiger partial charge in [0.2, 0.25) is 0 Å². The second kappa shape index (κ2) is 3.17. The van der Waals surface area contributed by atoms with Gasteiger partial charge in [0.15, 0.2) is 0 Å². The Kier molecular flexibility index (Phi) is 2.28. The van der Waals surface area contributed by atoms with Crippen molar-refractivity contribution in [3.63, 3.8) is 0 Å². The summed E-state index contributed by atoms with van der Waals surface area (Å²) in [6.07, 6.45) is -0.401. The Morgan fingerprint density at radius 1 is 1.38 bits per heavy atom. The van der Waals surface area contributed by atoms with E-state index in [4.69, 9.17) is 0 Å². The van der Waals surface area contributed by atoms with Crippen molar-refractivity contribution >= 4 is 0 Å². The lowest BCUT2D eigenvalue weighted by Gasteiger charge is -2.52. The van der Waals surface area contributed by atoms with Gasteiger partial charge in [-0.15, -0.1) is 0 Å². The second-order valence-electron chi connectivity index (χ2n) is 4.14. The van der Waals surface area contributed by atoms with Gasteiger partial charge < -0.3 is 10.2 Å². The van der Waals surface area contributed by atoms with Crippen molar-refractivity contribution in [2.24, 2.45) is 5.92 Å². The van der Waals surface area contributed by atoms with Gasteiger partial charge in [0.25, 0.3) is 6.43 Å². The third-order valence-electron chi connectivity index (χ3n) is 3.66. The molecule has 0 aromatic heterocycles. The average Bonchev–Trinajstić information content (AvgIpc) is 2.19. The van der Waals surface area contributed by atoms with Crippen LogP contribution in [0.1, 0.15) is 12.8 Å². The number of halogens is 2. The molecule has 76 valence electrons. The first-order valence-electron chi connectivity index (χ1n) is 4.88. The number of likely N-dealkylation sites (N-methyl/N-ethyl adjacent to an activating group) is 1. The molecule has 0 aromatic carbocycles. The zero-order valence-corrected chi connectivity index (χ0v) is 7.89. The normalized spacial score (nSPS) is 44.3. The molecule has 0 aromatic rings. The molecule has 3 aliphatic rings. The van der Waals surface area contributed by atoms with E-state index in [0.29, 0.717) is 6.54 Å². The number of rotatable bonds is 2. The van der Waals surface area contributed by atoms with Crippen molar-refractivity contribution in [2.75, 3.05) is 26.7 Å². The van der Waals surface area contributed by atoms with E-state index in [1.807, 2.05) is 0 Å². The third kappa shape index (κ3) is 1.27. The molecule has 4 heteroatoms. The predicted octanol–water partition coefficient (Wildman–Crippen LogP) is 0.935. The third-order valence-corrected chi connectivity index (χ3v) is 3.66. The zero-order valence-electron chi connectivity index (χ0n) is 7.89. The van der Waals surface area contributed by atoms with E-state index in [1.54, 1.807) is 7.05 Å². The van der Waals surface area contributed by atoms with Crippen LogP contribution in [0.25, 0.3) is 0 Å². The van der Waals surface area contributed by atoms with Crippen LogP contribution in [0.2, 0.25) is 0 Å². The molecule has 3 aliphatic heterocycles. The molecule has 2 nitrogen and oxygen atoms in total. The first kappa shape index (κ1) is 9.34. The molecule has 3 fully saturated rings.